The maximum absolute atomic E-state index is 13.7. The van der Waals surface area contributed by atoms with E-state index in [1.54, 1.807) is 7.11 Å². The van der Waals surface area contributed by atoms with Crippen LogP contribution in [0.15, 0.2) is 66.7 Å². The van der Waals surface area contributed by atoms with Crippen molar-refractivity contribution in [2.75, 3.05) is 13.7 Å². The number of carboxylic acids is 1. The van der Waals surface area contributed by atoms with Crippen LogP contribution in [0.5, 0.6) is 11.5 Å². The van der Waals surface area contributed by atoms with Gasteiger partial charge < -0.3 is 19.9 Å². The van der Waals surface area contributed by atoms with Gasteiger partial charge in [-0.2, -0.15) is 0 Å². The highest BCUT2D eigenvalue weighted by Gasteiger charge is 2.61. The number of allylic oxidation sites excluding steroid dienone is 1. The van der Waals surface area contributed by atoms with E-state index in [2.05, 4.69) is 5.32 Å². The number of methoxy groups -OCH3 is 1. The highest BCUT2D eigenvalue weighted by molar-refractivity contribution is 5.94. The molecule has 1 aromatic heterocycles. The van der Waals surface area contributed by atoms with E-state index < -0.39 is 35.4 Å². The summed E-state index contributed by atoms with van der Waals surface area (Å²) < 4.78 is 12.0. The first-order chi connectivity index (χ1) is 20.8. The summed E-state index contributed by atoms with van der Waals surface area (Å²) in [6.45, 7) is 0.378. The van der Waals surface area contributed by atoms with Crippen LogP contribution in [0.25, 0.3) is 22.2 Å². The van der Waals surface area contributed by atoms with Crippen LogP contribution in [0.4, 0.5) is 0 Å². The molecule has 3 aromatic rings. The van der Waals surface area contributed by atoms with Gasteiger partial charge in [-0.15, -0.1) is 0 Å². The summed E-state index contributed by atoms with van der Waals surface area (Å²) in [4.78, 5) is 44.4. The second-order valence-electron chi connectivity index (χ2n) is 11.7. The van der Waals surface area contributed by atoms with Gasteiger partial charge in [-0.1, -0.05) is 42.5 Å². The molecular formula is C33H36N4O6. The van der Waals surface area contributed by atoms with Crippen molar-refractivity contribution in [3.05, 3.63) is 66.7 Å². The van der Waals surface area contributed by atoms with Crippen molar-refractivity contribution in [1.29, 1.82) is 0 Å². The van der Waals surface area contributed by atoms with Gasteiger partial charge in [0.05, 0.1) is 30.2 Å². The number of hydrazine groups is 1. The smallest absolute Gasteiger partial charge is 0.330 e. The number of benzene rings is 2. The summed E-state index contributed by atoms with van der Waals surface area (Å²) in [6, 6.07) is 17.2. The summed E-state index contributed by atoms with van der Waals surface area (Å²) >= 11 is 0. The molecule has 2 amide bonds. The number of rotatable bonds is 5. The second kappa shape index (κ2) is 11.7. The van der Waals surface area contributed by atoms with E-state index >= 15 is 0 Å². The Balaban J connectivity index is 1.32. The molecule has 2 saturated carbocycles. The number of carbonyl (C=O) groups excluding carboxylic acids is 2. The number of carboxylic acid groups (broad SMARTS) is 1. The van der Waals surface area contributed by atoms with Crippen molar-refractivity contribution in [3.8, 4) is 22.8 Å². The molecule has 10 nitrogen and oxygen atoms in total. The normalized spacial score (nSPS) is 28.3. The Labute approximate surface area is 249 Å². The predicted molar refractivity (Wildman–Crippen MR) is 160 cm³/mol. The van der Waals surface area contributed by atoms with Gasteiger partial charge in [0.2, 0.25) is 11.8 Å². The molecule has 3 aliphatic rings. The lowest BCUT2D eigenvalue weighted by molar-refractivity contribution is -0.145. The van der Waals surface area contributed by atoms with Crippen LogP contribution < -0.4 is 20.6 Å². The summed E-state index contributed by atoms with van der Waals surface area (Å²) in [5, 5.41) is 14.8. The fourth-order valence-electron chi connectivity index (χ4n) is 6.39. The van der Waals surface area contributed by atoms with Crippen LogP contribution in [0.3, 0.4) is 0 Å². The summed E-state index contributed by atoms with van der Waals surface area (Å²) in [5.74, 6) is 3.79. The minimum Gasteiger partial charge on any atom is -0.497 e. The number of nitrogens with one attached hydrogen (secondary N) is 1. The fraction of sp³-hybridized carbons (Fsp3) is 0.394. The average Bonchev–Trinajstić information content (AvgIpc) is 3.55. The van der Waals surface area contributed by atoms with Crippen molar-refractivity contribution >= 4 is 28.7 Å². The number of nitrogens with two attached hydrogens (primary N) is 1. The van der Waals surface area contributed by atoms with Gasteiger partial charge in [-0.05, 0) is 50.7 Å². The molecule has 0 unspecified atom stereocenters. The number of hydrogen-bond acceptors (Lipinski definition) is 7. The molecule has 6 rings (SSSR count). The number of aliphatic carboxylic acids is 1. The second-order valence-corrected chi connectivity index (χ2v) is 11.7. The van der Waals surface area contributed by atoms with E-state index in [0.717, 1.165) is 23.8 Å². The SMILES string of the molecule is COc1ccc2c(O[C@@H]3C[C@H]4C(=O)N[C@]5(C(=O)O)C[C@H]5/C=C/CCCCN(N)C(=O)[C@@H]4C3)cc(-c3ccccc3)nc2c1. The van der Waals surface area contributed by atoms with E-state index in [0.29, 0.717) is 42.1 Å². The predicted octanol–water partition coefficient (Wildman–Crippen LogP) is 4.09. The summed E-state index contributed by atoms with van der Waals surface area (Å²) in [5.41, 5.74) is 0.964. The number of carbonyl (C=O) groups is 3. The zero-order chi connectivity index (χ0) is 30.1. The Morgan fingerprint density at radius 3 is 2.65 bits per heavy atom. The molecule has 224 valence electrons. The van der Waals surface area contributed by atoms with Crippen LogP contribution in [0, 0.1) is 17.8 Å². The van der Waals surface area contributed by atoms with Crippen LogP contribution in [0.2, 0.25) is 0 Å². The van der Waals surface area contributed by atoms with Crippen LogP contribution in [0.1, 0.15) is 38.5 Å². The van der Waals surface area contributed by atoms with Crippen molar-refractivity contribution in [1.82, 2.24) is 15.3 Å². The Morgan fingerprint density at radius 1 is 1.09 bits per heavy atom. The highest BCUT2D eigenvalue weighted by atomic mass is 16.5. The van der Waals surface area contributed by atoms with Crippen molar-refractivity contribution in [2.45, 2.75) is 50.2 Å². The lowest BCUT2D eigenvalue weighted by atomic mass is 9.93. The molecule has 2 aliphatic carbocycles. The Bertz CT molecular complexity index is 1580. The van der Waals surface area contributed by atoms with Crippen LogP contribution in [-0.2, 0) is 14.4 Å². The van der Waals surface area contributed by atoms with Crippen LogP contribution in [-0.4, -0.2) is 58.2 Å². The lowest BCUT2D eigenvalue weighted by Crippen LogP contribution is -2.50. The quantitative estimate of drug-likeness (QED) is 0.231. The molecule has 5 atom stereocenters. The molecule has 0 bridgehead atoms. The van der Waals surface area contributed by atoms with E-state index in [9.17, 15) is 19.5 Å². The van der Waals surface area contributed by atoms with Crippen molar-refractivity contribution in [3.63, 3.8) is 0 Å². The Kier molecular flexibility index (Phi) is 7.79. The number of fused-ring (bicyclic) bond motifs is 3. The molecule has 0 saturated heterocycles. The van der Waals surface area contributed by atoms with E-state index in [4.69, 9.17) is 20.3 Å². The molecule has 2 fully saturated rings. The van der Waals surface area contributed by atoms with Gasteiger partial charge in [0.25, 0.3) is 0 Å². The minimum atomic E-state index is -1.35. The van der Waals surface area contributed by atoms with E-state index in [1.807, 2.05) is 66.7 Å². The first kappa shape index (κ1) is 28.7. The zero-order valence-electron chi connectivity index (χ0n) is 24.1. The number of nitrogens with zero attached hydrogens (tertiary/aromatic N) is 2. The number of aromatic nitrogens is 1. The summed E-state index contributed by atoms with van der Waals surface area (Å²) in [7, 11) is 1.60. The molecular weight excluding hydrogens is 548 g/mol. The molecule has 0 spiro atoms. The topological polar surface area (TPSA) is 144 Å². The maximum Gasteiger partial charge on any atom is 0.330 e. The Hall–Kier alpha value is -4.44. The number of pyridine rings is 1. The van der Waals surface area contributed by atoms with Crippen LogP contribution >= 0.6 is 0 Å². The van der Waals surface area contributed by atoms with Gasteiger partial charge in [0, 0.05) is 35.5 Å². The largest absolute Gasteiger partial charge is 0.497 e. The first-order valence-electron chi connectivity index (χ1n) is 14.8. The van der Waals surface area contributed by atoms with Crippen molar-refractivity contribution in [2.24, 2.45) is 23.6 Å². The number of amides is 2. The monoisotopic (exact) mass is 584 g/mol. The standard InChI is InChI=1S/C33H36N4O6/c1-42-22-12-13-24-28(17-22)35-27(20-9-5-4-6-10-20)18-29(24)43-23-15-25-26(16-23)31(39)37(34)14-8-3-2-7-11-21-19-33(21,32(40)41)36-30(25)38/h4-7,9-13,17-18,21,23,25-26H,2-3,8,14-16,19,34H2,1H3,(H,36,38)(H,40,41)/b11-7+/t21-,23-,25-,26-,33-/m1/s1. The number of ether oxygens (including phenoxy) is 2. The average molecular weight is 585 g/mol. The lowest BCUT2D eigenvalue weighted by Gasteiger charge is -2.25. The highest BCUT2D eigenvalue weighted by Crippen LogP contribution is 2.46. The van der Waals surface area contributed by atoms with Gasteiger partial charge in [-0.25, -0.2) is 15.6 Å². The number of hydrogen-bond donors (Lipinski definition) is 3. The third-order valence-electron chi connectivity index (χ3n) is 8.93. The summed E-state index contributed by atoms with van der Waals surface area (Å²) in [6.07, 6.45) is 6.48. The molecule has 0 radical (unpaired) electrons. The fourth-order valence-corrected chi connectivity index (χ4v) is 6.39. The molecule has 4 N–H and O–H groups in total. The van der Waals surface area contributed by atoms with Crippen molar-refractivity contribution < 1.29 is 29.0 Å². The van der Waals surface area contributed by atoms with Gasteiger partial charge in [-0.3, -0.25) is 14.6 Å². The van der Waals surface area contributed by atoms with Gasteiger partial charge in [0.1, 0.15) is 23.1 Å². The molecule has 43 heavy (non-hydrogen) atoms. The zero-order valence-corrected chi connectivity index (χ0v) is 24.1. The van der Waals surface area contributed by atoms with E-state index in [1.165, 1.54) is 5.01 Å². The molecule has 2 aromatic carbocycles. The third kappa shape index (κ3) is 5.67. The molecule has 1 aliphatic heterocycles. The molecule has 10 heteroatoms. The van der Waals surface area contributed by atoms with Gasteiger partial charge in [0.15, 0.2) is 0 Å². The van der Waals surface area contributed by atoms with Gasteiger partial charge >= 0.3 is 5.97 Å². The molecule has 2 heterocycles. The minimum absolute atomic E-state index is 0.243. The third-order valence-corrected chi connectivity index (χ3v) is 8.93. The Morgan fingerprint density at radius 2 is 1.88 bits per heavy atom. The van der Waals surface area contributed by atoms with E-state index in [-0.39, 0.29) is 24.7 Å². The maximum atomic E-state index is 13.7. The first-order valence-corrected chi connectivity index (χ1v) is 14.8.